The van der Waals surface area contributed by atoms with Crippen molar-refractivity contribution in [1.82, 2.24) is 4.31 Å². The molecular weight excluding hydrogens is 428 g/mol. The van der Waals surface area contributed by atoms with Gasteiger partial charge in [-0.05, 0) is 49.7 Å². The molecule has 3 rings (SSSR count). The molecule has 3 aromatic rings. The van der Waals surface area contributed by atoms with Crippen molar-refractivity contribution in [2.45, 2.75) is 38.1 Å². The number of hydrogen-bond acceptors (Lipinski definition) is 5. The Bertz CT molecular complexity index is 1200. The predicted molar refractivity (Wildman–Crippen MR) is 122 cm³/mol. The molecule has 1 N–H and O–H groups in total. The topological polar surface area (TPSA) is 96.7 Å². The number of ketones is 1. The fourth-order valence-electron chi connectivity index (χ4n) is 3.29. The summed E-state index contributed by atoms with van der Waals surface area (Å²) in [5.41, 5.74) is 1.92. The van der Waals surface area contributed by atoms with Gasteiger partial charge >= 0.3 is 0 Å². The minimum atomic E-state index is -3.66. The van der Waals surface area contributed by atoms with Crippen LogP contribution in [0.25, 0.3) is 0 Å². The quantitative estimate of drug-likeness (QED) is 0.489. The van der Waals surface area contributed by atoms with Gasteiger partial charge in [-0.1, -0.05) is 30.3 Å². The van der Waals surface area contributed by atoms with Crippen LogP contribution in [0, 0.1) is 6.92 Å². The number of nitrogens with zero attached hydrogens (tertiary/aromatic N) is 1. The Balaban J connectivity index is 1.58. The highest BCUT2D eigenvalue weighted by Crippen LogP contribution is 2.20. The molecule has 0 atom stereocenters. The monoisotopic (exact) mass is 454 g/mol. The number of sulfonamides is 1. The maximum atomic E-state index is 12.8. The van der Waals surface area contributed by atoms with Gasteiger partial charge in [-0.2, -0.15) is 4.31 Å². The number of amides is 1. The molecule has 1 heterocycles. The molecule has 8 heteroatoms. The predicted octanol–water partition coefficient (Wildman–Crippen LogP) is 4.18. The van der Waals surface area contributed by atoms with Gasteiger partial charge in [-0.25, -0.2) is 8.42 Å². The molecule has 7 nitrogen and oxygen atoms in total. The summed E-state index contributed by atoms with van der Waals surface area (Å²) in [5.74, 6) is 0.805. The summed E-state index contributed by atoms with van der Waals surface area (Å²) in [6.07, 6.45) is 0.529. The number of furan rings is 1. The van der Waals surface area contributed by atoms with Crippen LogP contribution in [0.4, 0.5) is 5.69 Å². The van der Waals surface area contributed by atoms with Gasteiger partial charge in [-0.15, -0.1) is 0 Å². The Kier molecular flexibility index (Phi) is 7.27. The van der Waals surface area contributed by atoms with Crippen LogP contribution in [0.15, 0.2) is 70.0 Å². The average Bonchev–Trinajstić information content (AvgIpc) is 3.14. The number of carbonyl (C=O) groups excluding carboxylic acids is 2. The van der Waals surface area contributed by atoms with Crippen LogP contribution < -0.4 is 5.32 Å². The van der Waals surface area contributed by atoms with Gasteiger partial charge < -0.3 is 9.73 Å². The Hall–Kier alpha value is -3.23. The van der Waals surface area contributed by atoms with Gasteiger partial charge in [-0.3, -0.25) is 9.59 Å². The van der Waals surface area contributed by atoms with E-state index in [1.165, 1.54) is 30.4 Å². The minimum absolute atomic E-state index is 0.0774. The number of rotatable bonds is 9. The summed E-state index contributed by atoms with van der Waals surface area (Å²) < 4.78 is 32.4. The molecule has 1 amide bonds. The summed E-state index contributed by atoms with van der Waals surface area (Å²) in [5, 5.41) is 2.75. The summed E-state index contributed by atoms with van der Waals surface area (Å²) in [6, 6.07) is 17.1. The minimum Gasteiger partial charge on any atom is -0.466 e. The molecule has 0 fully saturated rings. The third-order valence-corrected chi connectivity index (χ3v) is 6.86. The highest BCUT2D eigenvalue weighted by molar-refractivity contribution is 7.89. The SMILES string of the molecule is CC(=O)c1cc(CCC(=O)Nc2ccc(S(=O)(=O)N(C)Cc3ccccc3)cc2)oc1C. The van der Waals surface area contributed by atoms with Crippen LogP contribution in [0.5, 0.6) is 0 Å². The number of benzene rings is 2. The lowest BCUT2D eigenvalue weighted by molar-refractivity contribution is -0.116. The van der Waals surface area contributed by atoms with E-state index >= 15 is 0 Å². The molecule has 0 bridgehead atoms. The largest absolute Gasteiger partial charge is 0.466 e. The number of aryl methyl sites for hydroxylation is 2. The van der Waals surface area contributed by atoms with E-state index in [9.17, 15) is 18.0 Å². The standard InChI is InChI=1S/C24H26N2O5S/c1-17(27)23-15-21(31-18(23)2)11-14-24(28)25-20-9-12-22(13-10-20)32(29,30)26(3)16-19-7-5-4-6-8-19/h4-10,12-13,15H,11,14,16H2,1-3H3,(H,25,28). The van der Waals surface area contributed by atoms with Crippen molar-refractivity contribution in [2.24, 2.45) is 0 Å². The van der Waals surface area contributed by atoms with Gasteiger partial charge in [0, 0.05) is 32.1 Å². The number of hydrogen-bond donors (Lipinski definition) is 1. The third-order valence-electron chi connectivity index (χ3n) is 5.04. The smallest absolute Gasteiger partial charge is 0.243 e. The zero-order valence-electron chi connectivity index (χ0n) is 18.3. The van der Waals surface area contributed by atoms with Crippen molar-refractivity contribution in [3.05, 3.63) is 83.3 Å². The highest BCUT2D eigenvalue weighted by Gasteiger charge is 2.21. The van der Waals surface area contributed by atoms with Gasteiger partial charge in [0.1, 0.15) is 11.5 Å². The Morgan fingerprint density at radius 3 is 2.28 bits per heavy atom. The lowest BCUT2D eigenvalue weighted by Crippen LogP contribution is -2.26. The zero-order valence-corrected chi connectivity index (χ0v) is 19.1. The van der Waals surface area contributed by atoms with Crippen molar-refractivity contribution < 1.29 is 22.4 Å². The molecule has 0 aliphatic rings. The summed E-state index contributed by atoms with van der Waals surface area (Å²) in [4.78, 5) is 23.9. The second-order valence-corrected chi connectivity index (χ2v) is 9.60. The van der Waals surface area contributed by atoms with E-state index in [0.29, 0.717) is 29.2 Å². The number of nitrogens with one attached hydrogen (secondary N) is 1. The first-order valence-electron chi connectivity index (χ1n) is 10.2. The van der Waals surface area contributed by atoms with Crippen LogP contribution in [-0.4, -0.2) is 31.5 Å². The molecule has 2 aromatic carbocycles. The molecule has 168 valence electrons. The van der Waals surface area contributed by atoms with Gasteiger partial charge in [0.15, 0.2) is 5.78 Å². The van der Waals surface area contributed by atoms with Crippen LogP contribution in [0.3, 0.4) is 0 Å². The maximum absolute atomic E-state index is 12.8. The van der Waals surface area contributed by atoms with Crippen molar-refractivity contribution in [3.8, 4) is 0 Å². The van der Waals surface area contributed by atoms with Gasteiger partial charge in [0.05, 0.1) is 10.5 Å². The molecule has 32 heavy (non-hydrogen) atoms. The lowest BCUT2D eigenvalue weighted by Gasteiger charge is -2.17. The second-order valence-electron chi connectivity index (χ2n) is 7.56. The Labute approximate surface area is 188 Å². The first kappa shape index (κ1) is 23.4. The lowest BCUT2D eigenvalue weighted by atomic mass is 10.1. The number of anilines is 1. The van der Waals surface area contributed by atoms with E-state index in [2.05, 4.69) is 5.32 Å². The first-order chi connectivity index (χ1) is 15.2. The zero-order chi connectivity index (χ0) is 23.3. The van der Waals surface area contributed by atoms with E-state index in [-0.39, 0.29) is 29.6 Å². The van der Waals surface area contributed by atoms with Crippen LogP contribution in [-0.2, 0) is 27.8 Å². The molecule has 0 radical (unpaired) electrons. The maximum Gasteiger partial charge on any atom is 0.243 e. The Morgan fingerprint density at radius 2 is 1.69 bits per heavy atom. The molecule has 0 saturated heterocycles. The summed E-state index contributed by atoms with van der Waals surface area (Å²) in [6.45, 7) is 3.45. The van der Waals surface area contributed by atoms with Crippen LogP contribution in [0.2, 0.25) is 0 Å². The molecule has 0 spiro atoms. The first-order valence-corrected chi connectivity index (χ1v) is 11.6. The average molecular weight is 455 g/mol. The molecule has 0 aliphatic carbocycles. The summed E-state index contributed by atoms with van der Waals surface area (Å²) in [7, 11) is -2.12. The molecule has 1 aromatic heterocycles. The van der Waals surface area contributed by atoms with E-state index < -0.39 is 10.0 Å². The molecule has 0 aliphatic heterocycles. The van der Waals surface area contributed by atoms with Crippen LogP contribution >= 0.6 is 0 Å². The fraction of sp³-hybridized carbons (Fsp3) is 0.250. The number of carbonyl (C=O) groups is 2. The third kappa shape index (κ3) is 5.72. The van der Waals surface area contributed by atoms with Crippen molar-refractivity contribution in [3.63, 3.8) is 0 Å². The van der Waals surface area contributed by atoms with Crippen molar-refractivity contribution in [2.75, 3.05) is 12.4 Å². The molecular formula is C24H26N2O5S. The van der Waals surface area contributed by atoms with Gasteiger partial charge in [0.25, 0.3) is 0 Å². The van der Waals surface area contributed by atoms with Crippen molar-refractivity contribution >= 4 is 27.4 Å². The van der Waals surface area contributed by atoms with Crippen LogP contribution in [0.1, 0.15) is 40.8 Å². The number of Topliss-reactive ketones (excluding diaryl/α,β-unsaturated/α-hetero) is 1. The molecule has 0 unspecified atom stereocenters. The van der Waals surface area contributed by atoms with E-state index in [4.69, 9.17) is 4.42 Å². The Morgan fingerprint density at radius 1 is 1.03 bits per heavy atom. The van der Waals surface area contributed by atoms with Gasteiger partial charge in [0.2, 0.25) is 15.9 Å². The molecule has 0 saturated carbocycles. The fourth-order valence-corrected chi connectivity index (χ4v) is 4.45. The highest BCUT2D eigenvalue weighted by atomic mass is 32.2. The normalized spacial score (nSPS) is 11.5. The van der Waals surface area contributed by atoms with E-state index in [0.717, 1.165) is 5.56 Å². The van der Waals surface area contributed by atoms with E-state index in [1.807, 2.05) is 30.3 Å². The van der Waals surface area contributed by atoms with E-state index in [1.54, 1.807) is 25.1 Å². The van der Waals surface area contributed by atoms with Crippen molar-refractivity contribution in [1.29, 1.82) is 0 Å². The second kappa shape index (κ2) is 9.93. The summed E-state index contributed by atoms with van der Waals surface area (Å²) >= 11 is 0.